The Morgan fingerprint density at radius 1 is 0.935 bits per heavy atom. The molecule has 31 heavy (non-hydrogen) atoms. The van der Waals surface area contributed by atoms with Gasteiger partial charge in [0, 0.05) is 11.1 Å². The topological polar surface area (TPSA) is 80.4 Å². The summed E-state index contributed by atoms with van der Waals surface area (Å²) < 4.78 is 5.79. The summed E-state index contributed by atoms with van der Waals surface area (Å²) in [4.78, 5) is 13.0. The standard InChI is InChI=1S/C24H20N4O2S/c1-2-17-13-15-19(16-14-17)22-26-28-24(30-22)31-23(21(29)18-9-5-3-6-10-18)27-25-20-11-7-4-8-12-20/h3-16,25H,2H2,1H3/b27-23+. The average Bonchev–Trinajstić information content (AvgIpc) is 3.31. The van der Waals surface area contributed by atoms with Crippen molar-refractivity contribution in [3.63, 3.8) is 0 Å². The van der Waals surface area contributed by atoms with Crippen molar-refractivity contribution in [1.82, 2.24) is 10.2 Å². The lowest BCUT2D eigenvalue weighted by Crippen LogP contribution is -2.13. The second kappa shape index (κ2) is 9.86. The minimum absolute atomic E-state index is 0.201. The Kier molecular flexibility index (Phi) is 6.54. The number of aryl methyl sites for hydroxylation is 1. The van der Waals surface area contributed by atoms with Gasteiger partial charge in [-0.05, 0) is 48.0 Å². The van der Waals surface area contributed by atoms with Crippen molar-refractivity contribution in [3.05, 3.63) is 96.1 Å². The minimum Gasteiger partial charge on any atom is -0.411 e. The summed E-state index contributed by atoms with van der Waals surface area (Å²) in [6.45, 7) is 2.10. The highest BCUT2D eigenvalue weighted by molar-refractivity contribution is 8.15. The number of ketones is 1. The average molecular weight is 429 g/mol. The van der Waals surface area contributed by atoms with E-state index in [1.165, 1.54) is 5.56 Å². The van der Waals surface area contributed by atoms with Crippen molar-refractivity contribution >= 4 is 28.3 Å². The van der Waals surface area contributed by atoms with Gasteiger partial charge >= 0.3 is 0 Å². The van der Waals surface area contributed by atoms with Gasteiger partial charge in [-0.25, -0.2) is 0 Å². The van der Waals surface area contributed by atoms with Crippen molar-refractivity contribution in [1.29, 1.82) is 0 Å². The molecule has 0 atom stereocenters. The van der Waals surface area contributed by atoms with E-state index >= 15 is 0 Å². The van der Waals surface area contributed by atoms with E-state index in [0.29, 0.717) is 11.5 Å². The molecule has 0 amide bonds. The Hall–Kier alpha value is -3.71. The Balaban J connectivity index is 1.58. The highest BCUT2D eigenvalue weighted by atomic mass is 32.2. The number of carbonyl (C=O) groups excluding carboxylic acids is 1. The number of nitrogens with zero attached hydrogens (tertiary/aromatic N) is 3. The molecular weight excluding hydrogens is 408 g/mol. The van der Waals surface area contributed by atoms with Crippen molar-refractivity contribution in [2.24, 2.45) is 5.10 Å². The number of para-hydroxylation sites is 1. The molecule has 0 unspecified atom stereocenters. The molecular formula is C24H20N4O2S. The fraction of sp³-hybridized carbons (Fsp3) is 0.0833. The number of benzene rings is 3. The molecule has 6 nitrogen and oxygen atoms in total. The molecule has 0 aliphatic heterocycles. The van der Waals surface area contributed by atoms with Gasteiger partial charge in [-0.3, -0.25) is 10.2 Å². The van der Waals surface area contributed by atoms with Crippen LogP contribution in [0.1, 0.15) is 22.8 Å². The van der Waals surface area contributed by atoms with E-state index in [9.17, 15) is 4.79 Å². The Morgan fingerprint density at radius 2 is 1.61 bits per heavy atom. The van der Waals surface area contributed by atoms with E-state index in [2.05, 4.69) is 27.6 Å². The molecule has 1 N–H and O–H groups in total. The van der Waals surface area contributed by atoms with Gasteiger partial charge < -0.3 is 4.42 Å². The summed E-state index contributed by atoms with van der Waals surface area (Å²) in [5.41, 5.74) is 6.27. The van der Waals surface area contributed by atoms with E-state index in [1.54, 1.807) is 12.1 Å². The van der Waals surface area contributed by atoms with Gasteiger partial charge in [0.2, 0.25) is 11.7 Å². The van der Waals surface area contributed by atoms with Crippen LogP contribution in [0.3, 0.4) is 0 Å². The summed E-state index contributed by atoms with van der Waals surface area (Å²) in [5, 5.41) is 13.0. The largest absolute Gasteiger partial charge is 0.411 e. The fourth-order valence-electron chi connectivity index (χ4n) is 2.79. The molecule has 1 aromatic heterocycles. The van der Waals surface area contributed by atoms with Crippen molar-refractivity contribution in [2.45, 2.75) is 18.6 Å². The fourth-order valence-corrected chi connectivity index (χ4v) is 3.46. The predicted octanol–water partition coefficient (Wildman–Crippen LogP) is 5.70. The van der Waals surface area contributed by atoms with E-state index < -0.39 is 0 Å². The van der Waals surface area contributed by atoms with Crippen LogP contribution in [0.5, 0.6) is 0 Å². The van der Waals surface area contributed by atoms with Crippen LogP contribution in [-0.4, -0.2) is 21.0 Å². The predicted molar refractivity (Wildman–Crippen MR) is 123 cm³/mol. The highest BCUT2D eigenvalue weighted by Gasteiger charge is 2.20. The van der Waals surface area contributed by atoms with Crippen LogP contribution >= 0.6 is 11.8 Å². The Bertz CT molecular complexity index is 1170. The smallest absolute Gasteiger partial charge is 0.283 e. The van der Waals surface area contributed by atoms with Crippen LogP contribution in [-0.2, 0) is 6.42 Å². The first-order valence-electron chi connectivity index (χ1n) is 9.82. The summed E-state index contributed by atoms with van der Waals surface area (Å²) in [5.74, 6) is 0.161. The maximum atomic E-state index is 13.0. The van der Waals surface area contributed by atoms with Crippen molar-refractivity contribution in [3.8, 4) is 11.5 Å². The molecule has 0 fully saturated rings. The zero-order valence-corrected chi connectivity index (χ0v) is 17.7. The minimum atomic E-state index is -0.235. The molecule has 0 spiro atoms. The van der Waals surface area contributed by atoms with Crippen LogP contribution in [0, 0.1) is 0 Å². The van der Waals surface area contributed by atoms with Crippen LogP contribution < -0.4 is 5.43 Å². The van der Waals surface area contributed by atoms with Gasteiger partial charge in [-0.15, -0.1) is 10.2 Å². The second-order valence-electron chi connectivity index (χ2n) is 6.62. The number of carbonyl (C=O) groups is 1. The number of hydrogen-bond donors (Lipinski definition) is 1. The molecule has 1 heterocycles. The number of anilines is 1. The lowest BCUT2D eigenvalue weighted by atomic mass is 10.1. The molecule has 0 saturated carbocycles. The van der Waals surface area contributed by atoms with Crippen LogP contribution in [0.4, 0.5) is 5.69 Å². The third-order valence-electron chi connectivity index (χ3n) is 4.49. The molecule has 7 heteroatoms. The molecule has 4 aromatic rings. The van der Waals surface area contributed by atoms with Crippen LogP contribution in [0.15, 0.2) is 99.7 Å². The summed E-state index contributed by atoms with van der Waals surface area (Å²) in [6.07, 6.45) is 0.959. The molecule has 4 rings (SSSR count). The summed E-state index contributed by atoms with van der Waals surface area (Å²) >= 11 is 1.03. The number of rotatable bonds is 7. The van der Waals surface area contributed by atoms with Crippen LogP contribution in [0.2, 0.25) is 0 Å². The quantitative estimate of drug-likeness (QED) is 0.134. The van der Waals surface area contributed by atoms with Crippen molar-refractivity contribution < 1.29 is 9.21 Å². The molecule has 3 aromatic carbocycles. The third-order valence-corrected chi connectivity index (χ3v) is 5.30. The van der Waals surface area contributed by atoms with E-state index in [1.807, 2.05) is 72.8 Å². The van der Waals surface area contributed by atoms with E-state index in [4.69, 9.17) is 4.42 Å². The first-order chi connectivity index (χ1) is 15.2. The van der Waals surface area contributed by atoms with E-state index in [0.717, 1.165) is 29.4 Å². The molecule has 0 saturated heterocycles. The number of nitrogens with one attached hydrogen (secondary N) is 1. The molecule has 154 valence electrons. The number of thioether (sulfide) groups is 1. The monoisotopic (exact) mass is 428 g/mol. The summed E-state index contributed by atoms with van der Waals surface area (Å²) in [6, 6.07) is 26.3. The summed E-state index contributed by atoms with van der Waals surface area (Å²) in [7, 11) is 0. The number of Topliss-reactive ketones (excluding diaryl/α,β-unsaturated/α-hetero) is 1. The normalized spacial score (nSPS) is 11.3. The lowest BCUT2D eigenvalue weighted by molar-refractivity contribution is 0.106. The molecule has 0 radical (unpaired) electrons. The number of aromatic nitrogens is 2. The SMILES string of the molecule is CCc1ccc(-c2nnc(S/C(=N/Nc3ccccc3)C(=O)c3ccccc3)o2)cc1. The van der Waals surface area contributed by atoms with Crippen molar-refractivity contribution in [2.75, 3.05) is 5.43 Å². The number of hydrazone groups is 1. The van der Waals surface area contributed by atoms with Gasteiger partial charge in [0.15, 0.2) is 5.04 Å². The zero-order valence-electron chi connectivity index (χ0n) is 16.9. The molecule has 0 aliphatic rings. The van der Waals surface area contributed by atoms with Gasteiger partial charge in [-0.2, -0.15) is 5.10 Å². The first kappa shape index (κ1) is 20.6. The highest BCUT2D eigenvalue weighted by Crippen LogP contribution is 2.26. The Labute approximate surface area is 184 Å². The first-order valence-corrected chi connectivity index (χ1v) is 10.6. The number of hydrogen-bond acceptors (Lipinski definition) is 7. The maximum Gasteiger partial charge on any atom is 0.283 e. The van der Waals surface area contributed by atoms with Gasteiger partial charge in [0.25, 0.3) is 5.22 Å². The van der Waals surface area contributed by atoms with Gasteiger partial charge in [0.1, 0.15) is 0 Å². The second-order valence-corrected chi connectivity index (χ2v) is 7.56. The molecule has 0 aliphatic carbocycles. The van der Waals surface area contributed by atoms with Gasteiger partial charge in [0.05, 0.1) is 5.69 Å². The van der Waals surface area contributed by atoms with E-state index in [-0.39, 0.29) is 16.0 Å². The molecule has 0 bridgehead atoms. The zero-order chi connectivity index (χ0) is 21.5. The third kappa shape index (κ3) is 5.26. The van der Waals surface area contributed by atoms with Gasteiger partial charge in [-0.1, -0.05) is 67.6 Å². The lowest BCUT2D eigenvalue weighted by Gasteiger charge is -2.05. The van der Waals surface area contributed by atoms with Crippen LogP contribution in [0.25, 0.3) is 11.5 Å². The maximum absolute atomic E-state index is 13.0. The Morgan fingerprint density at radius 3 is 2.29 bits per heavy atom.